The second-order valence-electron chi connectivity index (χ2n) is 9.54. The number of amidine groups is 1. The normalized spacial score (nSPS) is 17.2. The molecule has 0 atom stereocenters. The lowest BCUT2D eigenvalue weighted by atomic mass is 9.99. The van der Waals surface area contributed by atoms with Gasteiger partial charge in [0.05, 0.1) is 24.5 Å². The molecule has 0 bridgehead atoms. The van der Waals surface area contributed by atoms with Crippen molar-refractivity contribution in [3.63, 3.8) is 0 Å². The van der Waals surface area contributed by atoms with Crippen molar-refractivity contribution in [2.75, 3.05) is 25.5 Å². The van der Waals surface area contributed by atoms with Crippen molar-refractivity contribution in [1.82, 2.24) is 15.5 Å². The first-order valence-electron chi connectivity index (χ1n) is 13.0. The molecule has 198 valence electrons. The Labute approximate surface area is 222 Å². The van der Waals surface area contributed by atoms with Gasteiger partial charge in [0, 0.05) is 48.0 Å². The Bertz CT molecular complexity index is 1380. The molecular formula is C30H33F2N5O. The van der Waals surface area contributed by atoms with E-state index >= 15 is 0 Å². The molecule has 3 aliphatic rings. The first kappa shape index (κ1) is 25.7. The minimum absolute atomic E-state index is 0.102. The number of aliphatic imine (C=N–C) groups is 1. The minimum atomic E-state index is -1.03. The van der Waals surface area contributed by atoms with Gasteiger partial charge in [-0.1, -0.05) is 25.6 Å². The zero-order chi connectivity index (χ0) is 26.8. The number of anilines is 1. The molecule has 0 unspecified atom stereocenters. The van der Waals surface area contributed by atoms with Crippen molar-refractivity contribution in [1.29, 1.82) is 0 Å². The minimum Gasteiger partial charge on any atom is -0.494 e. The summed E-state index contributed by atoms with van der Waals surface area (Å²) in [5.41, 5.74) is 7.19. The van der Waals surface area contributed by atoms with E-state index in [9.17, 15) is 8.78 Å². The van der Waals surface area contributed by atoms with Crippen LogP contribution in [0.1, 0.15) is 43.4 Å². The maximum atomic E-state index is 14.9. The molecule has 2 fully saturated rings. The molecule has 2 aromatic rings. The molecule has 3 N–H and O–H groups in total. The number of halogens is 2. The Kier molecular flexibility index (Phi) is 7.33. The summed E-state index contributed by atoms with van der Waals surface area (Å²) < 4.78 is 34.3. The van der Waals surface area contributed by atoms with Crippen LogP contribution in [0.3, 0.4) is 0 Å². The molecule has 8 heteroatoms. The highest BCUT2D eigenvalue weighted by Gasteiger charge is 2.26. The number of nitrogens with one attached hydrogen (secondary N) is 3. The van der Waals surface area contributed by atoms with Gasteiger partial charge in [-0.15, -0.1) is 0 Å². The summed E-state index contributed by atoms with van der Waals surface area (Å²) in [4.78, 5) is 6.18. The number of benzene rings is 2. The quantitative estimate of drug-likeness (QED) is 0.415. The van der Waals surface area contributed by atoms with Gasteiger partial charge >= 0.3 is 0 Å². The second kappa shape index (κ2) is 10.8. The van der Waals surface area contributed by atoms with Crippen molar-refractivity contribution in [2.45, 2.75) is 39.2 Å². The molecule has 2 heterocycles. The van der Waals surface area contributed by atoms with Gasteiger partial charge in [0.1, 0.15) is 0 Å². The number of aryl methyl sites for hydroxylation is 1. The number of methoxy groups -OCH3 is 1. The monoisotopic (exact) mass is 517 g/mol. The largest absolute Gasteiger partial charge is 0.494 e. The molecule has 38 heavy (non-hydrogen) atoms. The highest BCUT2D eigenvalue weighted by molar-refractivity contribution is 6.09. The van der Waals surface area contributed by atoms with Crippen LogP contribution in [0.2, 0.25) is 0 Å². The van der Waals surface area contributed by atoms with Gasteiger partial charge in [-0.3, -0.25) is 0 Å². The zero-order valence-corrected chi connectivity index (χ0v) is 22.0. The molecule has 0 aromatic heterocycles. The van der Waals surface area contributed by atoms with E-state index in [0.717, 1.165) is 38.0 Å². The SMILES string of the molecule is C=C1C(Nc2ccc(C(NC3CNC3)=C3CC3)c(CC)c2)=NC=CN1/C(=C\C)c1ccc(OC)c(F)c1F. The van der Waals surface area contributed by atoms with Crippen LogP contribution in [-0.2, 0) is 6.42 Å². The zero-order valence-electron chi connectivity index (χ0n) is 22.0. The van der Waals surface area contributed by atoms with E-state index in [1.807, 2.05) is 6.07 Å². The van der Waals surface area contributed by atoms with Crippen molar-refractivity contribution < 1.29 is 13.5 Å². The smallest absolute Gasteiger partial charge is 0.201 e. The maximum absolute atomic E-state index is 14.9. The standard InChI is InChI=1S/C30H33F2N5O/c1-5-19-15-21(9-10-23(19)29(20-7-8-20)35-22-16-33-17-22)36-30-18(3)37(14-13-34-30)25(6-2)24-11-12-26(38-4)28(32)27(24)31/h6,9-15,22,33,35H,3,5,7-8,16-17H2,1-2,4H3,(H,34,36)/b25-6-. The van der Waals surface area contributed by atoms with Gasteiger partial charge in [0.15, 0.2) is 17.4 Å². The number of allylic oxidation sites excluding steroid dienone is 2. The molecule has 6 nitrogen and oxygen atoms in total. The highest BCUT2D eigenvalue weighted by atomic mass is 19.2. The summed E-state index contributed by atoms with van der Waals surface area (Å²) >= 11 is 0. The molecule has 2 aromatic carbocycles. The fourth-order valence-electron chi connectivity index (χ4n) is 4.72. The number of rotatable bonds is 8. The van der Waals surface area contributed by atoms with Crippen LogP contribution in [0.4, 0.5) is 14.5 Å². The molecule has 0 spiro atoms. The Morgan fingerprint density at radius 1 is 1.18 bits per heavy atom. The average molecular weight is 518 g/mol. The third kappa shape index (κ3) is 4.96. The summed E-state index contributed by atoms with van der Waals surface area (Å²) in [6, 6.07) is 9.74. The number of hydrogen-bond donors (Lipinski definition) is 3. The van der Waals surface area contributed by atoms with E-state index in [1.165, 1.54) is 41.6 Å². The highest BCUT2D eigenvalue weighted by Crippen LogP contribution is 2.37. The molecule has 0 radical (unpaired) electrons. The van der Waals surface area contributed by atoms with Crippen molar-refractivity contribution in [2.24, 2.45) is 4.99 Å². The predicted molar refractivity (Wildman–Crippen MR) is 150 cm³/mol. The summed E-state index contributed by atoms with van der Waals surface area (Å²) in [5, 5.41) is 10.4. The molecule has 2 aliphatic heterocycles. The van der Waals surface area contributed by atoms with E-state index in [2.05, 4.69) is 46.6 Å². The van der Waals surface area contributed by atoms with Crippen LogP contribution in [0.25, 0.3) is 11.4 Å². The lowest BCUT2D eigenvalue weighted by molar-refractivity contribution is 0.371. The van der Waals surface area contributed by atoms with Crippen LogP contribution in [0.5, 0.6) is 5.75 Å². The van der Waals surface area contributed by atoms with Gasteiger partial charge in [-0.05, 0) is 61.6 Å². The van der Waals surface area contributed by atoms with Crippen LogP contribution in [0, 0.1) is 11.6 Å². The average Bonchev–Trinajstić information content (AvgIpc) is 3.74. The molecular weight excluding hydrogens is 484 g/mol. The number of hydrogen-bond acceptors (Lipinski definition) is 6. The summed E-state index contributed by atoms with van der Waals surface area (Å²) in [7, 11) is 1.31. The van der Waals surface area contributed by atoms with Gasteiger partial charge in [-0.25, -0.2) is 9.38 Å². The predicted octanol–water partition coefficient (Wildman–Crippen LogP) is 5.77. The van der Waals surface area contributed by atoms with E-state index in [1.54, 1.807) is 30.3 Å². The van der Waals surface area contributed by atoms with Crippen LogP contribution < -0.4 is 20.7 Å². The first-order chi connectivity index (χ1) is 18.4. The Hall–Kier alpha value is -3.91. The van der Waals surface area contributed by atoms with Gasteiger partial charge < -0.3 is 25.6 Å². The molecule has 1 saturated carbocycles. The fourth-order valence-corrected chi connectivity index (χ4v) is 4.72. The topological polar surface area (TPSA) is 60.9 Å². The van der Waals surface area contributed by atoms with Gasteiger partial charge in [-0.2, -0.15) is 4.39 Å². The molecule has 5 rings (SSSR count). The van der Waals surface area contributed by atoms with Gasteiger partial charge in [0.2, 0.25) is 5.82 Å². The third-order valence-electron chi connectivity index (χ3n) is 7.06. The van der Waals surface area contributed by atoms with E-state index in [-0.39, 0.29) is 11.3 Å². The van der Waals surface area contributed by atoms with Crippen molar-refractivity contribution in [3.8, 4) is 5.75 Å². The number of nitrogens with zero attached hydrogens (tertiary/aromatic N) is 2. The summed E-state index contributed by atoms with van der Waals surface area (Å²) in [5.74, 6) is -1.63. The Balaban J connectivity index is 1.37. The second-order valence-corrected chi connectivity index (χ2v) is 9.54. The van der Waals surface area contributed by atoms with Crippen molar-refractivity contribution in [3.05, 3.63) is 95.0 Å². The lowest BCUT2D eigenvalue weighted by Gasteiger charge is -2.31. The fraction of sp³-hybridized carbons (Fsp3) is 0.300. The third-order valence-corrected chi connectivity index (χ3v) is 7.06. The van der Waals surface area contributed by atoms with E-state index < -0.39 is 11.6 Å². The summed E-state index contributed by atoms with van der Waals surface area (Å²) in [6.07, 6.45) is 8.19. The maximum Gasteiger partial charge on any atom is 0.201 e. The number of ether oxygens (including phenoxy) is 1. The van der Waals surface area contributed by atoms with E-state index in [4.69, 9.17) is 4.74 Å². The first-order valence-corrected chi connectivity index (χ1v) is 13.0. The van der Waals surface area contributed by atoms with E-state index in [0.29, 0.717) is 23.3 Å². The van der Waals surface area contributed by atoms with Crippen LogP contribution in [-0.4, -0.2) is 37.0 Å². The molecule has 1 saturated heterocycles. The van der Waals surface area contributed by atoms with Crippen LogP contribution >= 0.6 is 0 Å². The Morgan fingerprint density at radius 3 is 2.58 bits per heavy atom. The molecule has 0 amide bonds. The van der Waals surface area contributed by atoms with Crippen molar-refractivity contribution >= 4 is 22.9 Å². The summed E-state index contributed by atoms with van der Waals surface area (Å²) in [6.45, 7) is 10.1. The van der Waals surface area contributed by atoms with Crippen LogP contribution in [0.15, 0.2) is 71.6 Å². The molecule has 1 aliphatic carbocycles. The lowest BCUT2D eigenvalue weighted by Crippen LogP contribution is -2.54. The van der Waals surface area contributed by atoms with Gasteiger partial charge in [0.25, 0.3) is 0 Å². The Morgan fingerprint density at radius 2 is 1.95 bits per heavy atom.